The Morgan fingerprint density at radius 2 is 1.15 bits per heavy atom. The van der Waals surface area contributed by atoms with Gasteiger partial charge in [-0.25, -0.2) is 4.98 Å². The Balaban J connectivity index is 1.23. The van der Waals surface area contributed by atoms with E-state index in [1.165, 1.54) is 16.3 Å². The number of hydrogen-bond acceptors (Lipinski definition) is 4. The van der Waals surface area contributed by atoms with Crippen molar-refractivity contribution in [2.24, 2.45) is 0 Å². The van der Waals surface area contributed by atoms with Crippen LogP contribution in [0.4, 0.5) is 0 Å². The summed E-state index contributed by atoms with van der Waals surface area (Å²) in [6.45, 7) is 6.76. The Hall–Kier alpha value is -6.00. The summed E-state index contributed by atoms with van der Waals surface area (Å²) in [6.07, 6.45) is 1.93. The topological polar surface area (TPSA) is 52.1 Å². The molecule has 0 amide bonds. The predicted octanol–water partition coefficient (Wildman–Crippen LogP) is 12.4. The zero-order valence-corrected chi connectivity index (χ0v) is 26.8. The third kappa shape index (κ3) is 3.89. The van der Waals surface area contributed by atoms with Crippen LogP contribution in [0.3, 0.4) is 0 Å². The van der Waals surface area contributed by atoms with E-state index < -0.39 is 0 Å². The first-order valence-corrected chi connectivity index (χ1v) is 16.4. The second-order valence-electron chi connectivity index (χ2n) is 13.8. The fourth-order valence-electron chi connectivity index (χ4n) is 7.42. The van der Waals surface area contributed by atoms with Crippen LogP contribution < -0.4 is 0 Å². The summed E-state index contributed by atoms with van der Waals surface area (Å²) in [5.41, 5.74) is 10.4. The van der Waals surface area contributed by atoms with Gasteiger partial charge in [0.15, 0.2) is 0 Å². The molecule has 7 aromatic carbocycles. The molecule has 3 aromatic heterocycles. The Kier molecular flexibility index (Phi) is 5.52. The van der Waals surface area contributed by atoms with Crippen molar-refractivity contribution in [1.82, 2.24) is 9.97 Å². The minimum Gasteiger partial charge on any atom is -0.456 e. The van der Waals surface area contributed by atoms with E-state index in [1.54, 1.807) is 0 Å². The minimum absolute atomic E-state index is 0.0957. The van der Waals surface area contributed by atoms with Crippen LogP contribution in [0.5, 0.6) is 0 Å². The maximum atomic E-state index is 6.85. The molecule has 3 heterocycles. The molecule has 0 fully saturated rings. The van der Waals surface area contributed by atoms with Crippen molar-refractivity contribution < 1.29 is 8.83 Å². The molecule has 0 saturated carbocycles. The second kappa shape index (κ2) is 9.76. The van der Waals surface area contributed by atoms with E-state index in [4.69, 9.17) is 18.8 Å². The lowest BCUT2D eigenvalue weighted by Gasteiger charge is -2.21. The van der Waals surface area contributed by atoms with Crippen LogP contribution in [0.1, 0.15) is 26.3 Å². The third-order valence-electron chi connectivity index (χ3n) is 9.84. The Bertz CT molecular complexity index is 2900. The number of aromatic nitrogens is 2. The van der Waals surface area contributed by atoms with Crippen molar-refractivity contribution in [2.45, 2.75) is 26.2 Å². The minimum atomic E-state index is -0.0957. The molecule has 0 spiro atoms. The molecule has 0 saturated heterocycles. The van der Waals surface area contributed by atoms with Gasteiger partial charge in [-0.15, -0.1) is 0 Å². The van der Waals surface area contributed by atoms with E-state index in [-0.39, 0.29) is 5.41 Å². The Labute approximate surface area is 276 Å². The number of hydrogen-bond donors (Lipinski definition) is 0. The zero-order chi connectivity index (χ0) is 32.1. The van der Waals surface area contributed by atoms with Crippen LogP contribution in [0, 0.1) is 0 Å². The lowest BCUT2D eigenvalue weighted by atomic mass is 9.83. The van der Waals surface area contributed by atoms with E-state index >= 15 is 0 Å². The highest BCUT2D eigenvalue weighted by atomic mass is 16.3. The van der Waals surface area contributed by atoms with E-state index in [0.717, 1.165) is 88.1 Å². The Morgan fingerprint density at radius 1 is 0.500 bits per heavy atom. The maximum Gasteiger partial charge on any atom is 0.147 e. The molecule has 10 rings (SSSR count). The van der Waals surface area contributed by atoms with Crippen molar-refractivity contribution in [2.75, 3.05) is 0 Å². The highest BCUT2D eigenvalue weighted by Gasteiger charge is 2.22. The molecule has 0 bridgehead atoms. The third-order valence-corrected chi connectivity index (χ3v) is 9.84. The summed E-state index contributed by atoms with van der Waals surface area (Å²) in [5, 5.41) is 8.85. The molecule has 228 valence electrons. The quantitative estimate of drug-likeness (QED) is 0.181. The van der Waals surface area contributed by atoms with E-state index in [0.29, 0.717) is 0 Å². The average Bonchev–Trinajstić information content (AvgIpc) is 3.69. The molecule has 0 N–H and O–H groups in total. The number of para-hydroxylation sites is 2. The SMILES string of the molecule is CC(C)(C)c1cc(-c2cnc3c4ccccc4c4ccccc4c3n2)cc(-c2cccc3c2oc2c3ccc3oc4ccccc4c32)c1. The van der Waals surface area contributed by atoms with Crippen molar-refractivity contribution in [3.05, 3.63) is 133 Å². The summed E-state index contributed by atoms with van der Waals surface area (Å²) in [5.74, 6) is 0. The molecular weight excluding hydrogens is 588 g/mol. The molecule has 0 atom stereocenters. The first kappa shape index (κ1) is 27.1. The fraction of sp³-hybridized carbons (Fsp3) is 0.0909. The molecule has 0 unspecified atom stereocenters. The average molecular weight is 619 g/mol. The second-order valence-corrected chi connectivity index (χ2v) is 13.8. The molecule has 0 aliphatic carbocycles. The van der Waals surface area contributed by atoms with Gasteiger partial charge in [0.05, 0.1) is 28.3 Å². The molecular formula is C44H30N2O2. The highest BCUT2D eigenvalue weighted by Crippen LogP contribution is 2.43. The fourth-order valence-corrected chi connectivity index (χ4v) is 7.42. The van der Waals surface area contributed by atoms with Gasteiger partial charge in [-0.3, -0.25) is 4.98 Å². The highest BCUT2D eigenvalue weighted by molar-refractivity contribution is 6.24. The van der Waals surface area contributed by atoms with Gasteiger partial charge < -0.3 is 8.83 Å². The lowest BCUT2D eigenvalue weighted by molar-refractivity contribution is 0.590. The van der Waals surface area contributed by atoms with Crippen molar-refractivity contribution >= 4 is 76.5 Å². The van der Waals surface area contributed by atoms with E-state index in [2.05, 4.69) is 124 Å². The van der Waals surface area contributed by atoms with Crippen molar-refractivity contribution in [3.63, 3.8) is 0 Å². The molecule has 4 heteroatoms. The van der Waals surface area contributed by atoms with Crippen LogP contribution in [0.2, 0.25) is 0 Å². The summed E-state index contributed by atoms with van der Waals surface area (Å²) in [6, 6.07) is 42.6. The summed E-state index contributed by atoms with van der Waals surface area (Å²) < 4.78 is 13.0. The summed E-state index contributed by atoms with van der Waals surface area (Å²) >= 11 is 0. The largest absolute Gasteiger partial charge is 0.456 e. The van der Waals surface area contributed by atoms with E-state index in [9.17, 15) is 0 Å². The number of rotatable bonds is 2. The monoisotopic (exact) mass is 618 g/mol. The molecule has 4 nitrogen and oxygen atoms in total. The first-order chi connectivity index (χ1) is 23.4. The zero-order valence-electron chi connectivity index (χ0n) is 26.8. The van der Waals surface area contributed by atoms with Gasteiger partial charge in [-0.2, -0.15) is 0 Å². The molecule has 0 aliphatic rings. The Morgan fingerprint density at radius 3 is 1.92 bits per heavy atom. The van der Waals surface area contributed by atoms with Crippen LogP contribution in [0.15, 0.2) is 136 Å². The summed E-state index contributed by atoms with van der Waals surface area (Å²) in [7, 11) is 0. The van der Waals surface area contributed by atoms with Gasteiger partial charge in [0.25, 0.3) is 0 Å². The van der Waals surface area contributed by atoms with Crippen molar-refractivity contribution in [3.8, 4) is 22.4 Å². The molecule has 0 aliphatic heterocycles. The maximum absolute atomic E-state index is 6.85. The number of furan rings is 2. The van der Waals surface area contributed by atoms with Gasteiger partial charge in [0, 0.05) is 38.1 Å². The lowest BCUT2D eigenvalue weighted by Crippen LogP contribution is -2.11. The normalized spacial score (nSPS) is 12.5. The smallest absolute Gasteiger partial charge is 0.147 e. The van der Waals surface area contributed by atoms with Crippen LogP contribution in [-0.4, -0.2) is 9.97 Å². The predicted molar refractivity (Wildman–Crippen MR) is 199 cm³/mol. The van der Waals surface area contributed by atoms with Crippen LogP contribution in [0.25, 0.3) is 98.8 Å². The first-order valence-electron chi connectivity index (χ1n) is 16.4. The van der Waals surface area contributed by atoms with Gasteiger partial charge in [0.1, 0.15) is 22.3 Å². The van der Waals surface area contributed by atoms with Gasteiger partial charge in [0.2, 0.25) is 0 Å². The molecule has 10 aromatic rings. The standard InChI is InChI=1S/C44H30N2O2/c1-44(2,3)27-22-25(28-16-10-17-33-34-19-20-38-39(43(34)48-42(28)33)35-15-8-9-18-37(35)47-38)21-26(23-27)36-24-45-40-31-13-6-4-11-29(31)30-12-5-7-14-32(30)41(40)46-36/h4-24H,1-3H3. The molecule has 0 radical (unpaired) electrons. The van der Waals surface area contributed by atoms with Gasteiger partial charge in [-0.05, 0) is 57.6 Å². The van der Waals surface area contributed by atoms with Crippen molar-refractivity contribution in [1.29, 1.82) is 0 Å². The number of benzene rings is 7. The molecule has 48 heavy (non-hydrogen) atoms. The summed E-state index contributed by atoms with van der Waals surface area (Å²) in [4.78, 5) is 10.4. The van der Waals surface area contributed by atoms with Gasteiger partial charge in [-0.1, -0.05) is 112 Å². The number of nitrogens with zero attached hydrogens (tertiary/aromatic N) is 2. The van der Waals surface area contributed by atoms with Crippen LogP contribution >= 0.6 is 0 Å². The van der Waals surface area contributed by atoms with Crippen LogP contribution in [-0.2, 0) is 5.41 Å². The van der Waals surface area contributed by atoms with E-state index in [1.807, 2.05) is 24.4 Å². The van der Waals surface area contributed by atoms with Gasteiger partial charge >= 0.3 is 0 Å². The number of fused-ring (bicyclic) bond motifs is 13.